The van der Waals surface area contributed by atoms with Crippen LogP contribution < -0.4 is 0 Å². The molecule has 114 valence electrons. The van der Waals surface area contributed by atoms with Crippen LogP contribution in [0.15, 0.2) is 0 Å². The lowest BCUT2D eigenvalue weighted by Gasteiger charge is -2.33. The van der Waals surface area contributed by atoms with Crippen LogP contribution in [-0.4, -0.2) is 17.9 Å². The van der Waals surface area contributed by atoms with E-state index < -0.39 is 11.8 Å². The number of hydrogen-bond donors (Lipinski definition) is 0. The molecule has 3 rings (SSSR count). The fourth-order valence-corrected chi connectivity index (χ4v) is 5.18. The smallest absolute Gasteiger partial charge is 0.431 e. The summed E-state index contributed by atoms with van der Waals surface area (Å²) >= 11 is 0. The van der Waals surface area contributed by atoms with Gasteiger partial charge in [-0.05, 0) is 75.5 Å². The summed E-state index contributed by atoms with van der Waals surface area (Å²) in [5.74, 6) is 4.70. The SMILES string of the molecule is CC1CC2C3CC(CC3OC(=O)OC(C)(C)C)C2C1C. The quantitative estimate of drug-likeness (QED) is 0.673. The molecule has 0 aromatic carbocycles. The summed E-state index contributed by atoms with van der Waals surface area (Å²) in [4.78, 5) is 11.9. The van der Waals surface area contributed by atoms with Gasteiger partial charge in [-0.25, -0.2) is 4.79 Å². The molecule has 0 radical (unpaired) electrons. The summed E-state index contributed by atoms with van der Waals surface area (Å²) < 4.78 is 10.9. The van der Waals surface area contributed by atoms with Gasteiger partial charge >= 0.3 is 6.16 Å². The lowest BCUT2D eigenvalue weighted by atomic mass is 9.77. The Morgan fingerprint density at radius 2 is 1.75 bits per heavy atom. The first kappa shape index (κ1) is 14.2. The molecule has 0 aromatic heterocycles. The predicted molar refractivity (Wildman–Crippen MR) is 77.2 cm³/mol. The van der Waals surface area contributed by atoms with Crippen LogP contribution in [0.4, 0.5) is 4.79 Å². The molecule has 3 fully saturated rings. The summed E-state index contributed by atoms with van der Waals surface area (Å²) in [6.45, 7) is 10.4. The maximum Gasteiger partial charge on any atom is 0.509 e. The van der Waals surface area contributed by atoms with Crippen LogP contribution in [-0.2, 0) is 9.47 Å². The van der Waals surface area contributed by atoms with Gasteiger partial charge in [0.05, 0.1) is 0 Å². The number of hydrogen-bond acceptors (Lipinski definition) is 3. The Labute approximate surface area is 122 Å². The third-order valence-electron chi connectivity index (χ3n) is 5.96. The maximum atomic E-state index is 11.9. The largest absolute Gasteiger partial charge is 0.509 e. The molecule has 0 aliphatic heterocycles. The van der Waals surface area contributed by atoms with Crippen LogP contribution in [0, 0.1) is 35.5 Å². The molecule has 0 heterocycles. The minimum absolute atomic E-state index is 0.105. The average molecular weight is 280 g/mol. The molecule has 20 heavy (non-hydrogen) atoms. The molecule has 3 saturated carbocycles. The fraction of sp³-hybridized carbons (Fsp3) is 0.941. The molecule has 3 heteroatoms. The van der Waals surface area contributed by atoms with E-state index >= 15 is 0 Å². The van der Waals surface area contributed by atoms with E-state index in [2.05, 4.69) is 13.8 Å². The van der Waals surface area contributed by atoms with Crippen molar-refractivity contribution in [2.45, 2.75) is 65.6 Å². The van der Waals surface area contributed by atoms with Gasteiger partial charge in [-0.2, -0.15) is 0 Å². The van der Waals surface area contributed by atoms with Gasteiger partial charge in [-0.1, -0.05) is 13.8 Å². The van der Waals surface area contributed by atoms with Crippen molar-refractivity contribution < 1.29 is 14.3 Å². The number of carbonyl (C=O) groups excluding carboxylic acids is 1. The summed E-state index contributed by atoms with van der Waals surface area (Å²) in [6.07, 6.45) is 3.27. The molecule has 0 amide bonds. The maximum absolute atomic E-state index is 11.9. The van der Waals surface area contributed by atoms with Gasteiger partial charge in [0.25, 0.3) is 0 Å². The first-order chi connectivity index (χ1) is 9.26. The van der Waals surface area contributed by atoms with Crippen LogP contribution in [0.5, 0.6) is 0 Å². The molecule has 0 N–H and O–H groups in total. The van der Waals surface area contributed by atoms with Gasteiger partial charge in [-0.3, -0.25) is 0 Å². The van der Waals surface area contributed by atoms with Gasteiger partial charge in [0.1, 0.15) is 11.7 Å². The average Bonchev–Trinajstić information content (AvgIpc) is 2.89. The van der Waals surface area contributed by atoms with Crippen molar-refractivity contribution >= 4 is 6.16 Å². The third kappa shape index (κ3) is 2.33. The Hall–Kier alpha value is -0.730. The van der Waals surface area contributed by atoms with Crippen LogP contribution >= 0.6 is 0 Å². The van der Waals surface area contributed by atoms with Crippen molar-refractivity contribution in [3.63, 3.8) is 0 Å². The first-order valence-electron chi connectivity index (χ1n) is 8.16. The second kappa shape index (κ2) is 4.64. The summed E-state index contributed by atoms with van der Waals surface area (Å²) in [5.41, 5.74) is -0.465. The Morgan fingerprint density at radius 1 is 1.05 bits per heavy atom. The molecule has 0 saturated heterocycles. The zero-order valence-corrected chi connectivity index (χ0v) is 13.4. The van der Waals surface area contributed by atoms with Gasteiger partial charge in [0.15, 0.2) is 0 Å². The lowest BCUT2D eigenvalue weighted by molar-refractivity contribution is -0.0481. The minimum atomic E-state index is -0.481. The van der Waals surface area contributed by atoms with Crippen molar-refractivity contribution in [1.82, 2.24) is 0 Å². The number of fused-ring (bicyclic) bond motifs is 5. The minimum Gasteiger partial charge on any atom is -0.431 e. The molecule has 2 bridgehead atoms. The monoisotopic (exact) mass is 280 g/mol. The zero-order valence-electron chi connectivity index (χ0n) is 13.4. The summed E-state index contributed by atoms with van der Waals surface area (Å²) in [6, 6.07) is 0. The second-order valence-corrected chi connectivity index (χ2v) is 8.33. The topological polar surface area (TPSA) is 35.5 Å². The van der Waals surface area contributed by atoms with Gasteiger partial charge in [-0.15, -0.1) is 0 Å². The molecule has 3 aliphatic carbocycles. The van der Waals surface area contributed by atoms with E-state index in [0.29, 0.717) is 5.92 Å². The molecule has 0 aromatic rings. The molecule has 0 spiro atoms. The predicted octanol–water partition coefficient (Wildman–Crippen LogP) is 4.25. The summed E-state index contributed by atoms with van der Waals surface area (Å²) in [5, 5.41) is 0. The van der Waals surface area contributed by atoms with Gasteiger partial charge in [0, 0.05) is 0 Å². The molecule has 7 atom stereocenters. The van der Waals surface area contributed by atoms with E-state index in [0.717, 1.165) is 36.0 Å². The van der Waals surface area contributed by atoms with E-state index in [1.54, 1.807) is 0 Å². The van der Waals surface area contributed by atoms with E-state index in [4.69, 9.17) is 9.47 Å². The Morgan fingerprint density at radius 3 is 2.40 bits per heavy atom. The van der Waals surface area contributed by atoms with E-state index in [-0.39, 0.29) is 6.10 Å². The van der Waals surface area contributed by atoms with Crippen molar-refractivity contribution in [1.29, 1.82) is 0 Å². The van der Waals surface area contributed by atoms with Crippen molar-refractivity contribution in [2.24, 2.45) is 35.5 Å². The van der Waals surface area contributed by atoms with Crippen LogP contribution in [0.3, 0.4) is 0 Å². The third-order valence-corrected chi connectivity index (χ3v) is 5.96. The highest BCUT2D eigenvalue weighted by molar-refractivity contribution is 5.60. The number of ether oxygens (including phenoxy) is 2. The molecule has 7 unspecified atom stereocenters. The van der Waals surface area contributed by atoms with E-state index in [1.165, 1.54) is 12.8 Å². The number of carbonyl (C=O) groups is 1. The normalized spacial score (nSPS) is 46.4. The fourth-order valence-electron chi connectivity index (χ4n) is 5.18. The first-order valence-corrected chi connectivity index (χ1v) is 8.16. The van der Waals surface area contributed by atoms with Crippen molar-refractivity contribution in [2.75, 3.05) is 0 Å². The molecular formula is C17H28O3. The Kier molecular flexibility index (Phi) is 3.30. The number of rotatable bonds is 1. The van der Waals surface area contributed by atoms with Crippen LogP contribution in [0.25, 0.3) is 0 Å². The molecule has 3 aliphatic rings. The highest BCUT2D eigenvalue weighted by Gasteiger charge is 2.59. The molecular weight excluding hydrogens is 252 g/mol. The standard InChI is InChI=1S/C17H28O3/c1-9-6-13-12-7-11(15(13)10(9)2)8-14(12)19-16(18)20-17(3,4)5/h9-15H,6-8H2,1-5H3. The van der Waals surface area contributed by atoms with E-state index in [1.807, 2.05) is 20.8 Å². The Bertz CT molecular complexity index is 398. The van der Waals surface area contributed by atoms with Crippen LogP contribution in [0.2, 0.25) is 0 Å². The van der Waals surface area contributed by atoms with Crippen molar-refractivity contribution in [3.8, 4) is 0 Å². The molecule has 3 nitrogen and oxygen atoms in total. The highest BCUT2D eigenvalue weighted by atomic mass is 16.7. The van der Waals surface area contributed by atoms with Crippen molar-refractivity contribution in [3.05, 3.63) is 0 Å². The zero-order chi connectivity index (χ0) is 14.7. The highest BCUT2D eigenvalue weighted by Crippen LogP contribution is 2.62. The lowest BCUT2D eigenvalue weighted by Crippen LogP contribution is -2.35. The van der Waals surface area contributed by atoms with Crippen LogP contribution in [0.1, 0.15) is 53.9 Å². The second-order valence-electron chi connectivity index (χ2n) is 8.33. The Balaban J connectivity index is 1.62. The van der Waals surface area contributed by atoms with Gasteiger partial charge in [0.2, 0.25) is 0 Å². The van der Waals surface area contributed by atoms with Gasteiger partial charge < -0.3 is 9.47 Å². The van der Waals surface area contributed by atoms with E-state index in [9.17, 15) is 4.79 Å². The summed E-state index contributed by atoms with van der Waals surface area (Å²) in [7, 11) is 0.